The van der Waals surface area contributed by atoms with E-state index in [1.54, 1.807) is 31.2 Å². The highest BCUT2D eigenvalue weighted by molar-refractivity contribution is 7.90. The molecule has 1 saturated heterocycles. The second-order valence-corrected chi connectivity index (χ2v) is 12.0. The lowest BCUT2D eigenvalue weighted by Crippen LogP contribution is -2.28. The number of sulfonamides is 1. The summed E-state index contributed by atoms with van der Waals surface area (Å²) in [5.41, 5.74) is 1.37. The highest BCUT2D eigenvalue weighted by atomic mass is 32.2. The van der Waals surface area contributed by atoms with Gasteiger partial charge in [0.05, 0.1) is 28.9 Å². The number of aliphatic hydroxyl groups excluding tert-OH is 1. The summed E-state index contributed by atoms with van der Waals surface area (Å²) in [5, 5.41) is 11.0. The average molecular weight is 490 g/mol. The first-order valence-corrected chi connectivity index (χ1v) is 13.7. The molecule has 1 fully saturated rings. The molecule has 5 rings (SSSR count). The Bertz CT molecular complexity index is 1570. The Morgan fingerprint density at radius 2 is 1.85 bits per heavy atom. The van der Waals surface area contributed by atoms with Crippen molar-refractivity contribution in [3.05, 3.63) is 54.6 Å². The molecule has 4 heterocycles. The molecular weight excluding hydrogens is 466 g/mol. The Kier molecular flexibility index (Phi) is 5.08. The molecule has 12 heteroatoms. The summed E-state index contributed by atoms with van der Waals surface area (Å²) < 4.78 is 55.0. The van der Waals surface area contributed by atoms with Gasteiger partial charge in [-0.05, 0) is 31.5 Å². The maximum absolute atomic E-state index is 13.2. The summed E-state index contributed by atoms with van der Waals surface area (Å²) >= 11 is 0. The molecule has 10 nitrogen and oxygen atoms in total. The summed E-state index contributed by atoms with van der Waals surface area (Å²) in [5.74, 6) is 0.387. The zero-order valence-corrected chi connectivity index (χ0v) is 19.7. The quantitative estimate of drug-likeness (QED) is 0.453. The van der Waals surface area contributed by atoms with Crippen LogP contribution in [0, 0.1) is 0 Å². The molecule has 1 aliphatic rings. The van der Waals surface area contributed by atoms with Gasteiger partial charge >= 0.3 is 0 Å². The molecule has 0 amide bonds. The molecule has 174 valence electrons. The molecule has 1 aliphatic heterocycles. The third kappa shape index (κ3) is 3.53. The number of pyridine rings is 1. The minimum absolute atomic E-state index is 0.141. The van der Waals surface area contributed by atoms with Gasteiger partial charge in [0.2, 0.25) is 10.0 Å². The van der Waals surface area contributed by atoms with Crippen LogP contribution in [0.15, 0.2) is 53.7 Å². The molecule has 1 N–H and O–H groups in total. The highest BCUT2D eigenvalue weighted by Gasteiger charge is 2.33. The topological polar surface area (TPSA) is 127 Å². The van der Waals surface area contributed by atoms with Crippen LogP contribution in [0.3, 0.4) is 0 Å². The molecule has 1 aromatic carbocycles. The van der Waals surface area contributed by atoms with E-state index in [1.807, 2.05) is 4.57 Å². The molecule has 0 unspecified atom stereocenters. The molecule has 0 aliphatic carbocycles. The standard InChI is InChI=1S/C21H23N5O5S2/c1-14(27)20-23-18-12-22-21-17(9-11-25(21)33(30,31)16-6-4-3-5-7-16)19(18)26(20)15-8-10-24(13-15)32(2,28)29/h3-7,9,11-12,14-15,27H,8,10,13H2,1-2H3/t14-,15-/m1/s1. The van der Waals surface area contributed by atoms with E-state index in [0.29, 0.717) is 35.2 Å². The summed E-state index contributed by atoms with van der Waals surface area (Å²) in [6, 6.07) is 9.50. The number of hydrogen-bond donors (Lipinski definition) is 1. The van der Waals surface area contributed by atoms with Crippen LogP contribution >= 0.6 is 0 Å². The third-order valence-electron chi connectivity index (χ3n) is 5.99. The van der Waals surface area contributed by atoms with E-state index in [9.17, 15) is 21.9 Å². The van der Waals surface area contributed by atoms with Crippen molar-refractivity contribution in [2.24, 2.45) is 0 Å². The molecule has 4 aromatic rings. The van der Waals surface area contributed by atoms with E-state index < -0.39 is 26.2 Å². The lowest BCUT2D eigenvalue weighted by molar-refractivity contribution is 0.182. The van der Waals surface area contributed by atoms with Crippen LogP contribution in [-0.2, 0) is 20.0 Å². The summed E-state index contributed by atoms with van der Waals surface area (Å²) in [7, 11) is -7.23. The number of nitrogens with zero attached hydrogens (tertiary/aromatic N) is 5. The number of rotatable bonds is 5. The Morgan fingerprint density at radius 1 is 1.12 bits per heavy atom. The second-order valence-electron chi connectivity index (χ2n) is 8.24. The second kappa shape index (κ2) is 7.62. The normalized spacial score (nSPS) is 18.9. The van der Waals surface area contributed by atoms with Gasteiger partial charge < -0.3 is 9.67 Å². The van der Waals surface area contributed by atoms with Crippen LogP contribution in [0.4, 0.5) is 0 Å². The Balaban J connectivity index is 1.73. The van der Waals surface area contributed by atoms with Gasteiger partial charge in [0.1, 0.15) is 17.4 Å². The average Bonchev–Trinajstić information content (AvgIpc) is 3.49. The smallest absolute Gasteiger partial charge is 0.269 e. The predicted octanol–water partition coefficient (Wildman–Crippen LogP) is 1.88. The van der Waals surface area contributed by atoms with Crippen LogP contribution in [-0.4, -0.2) is 64.1 Å². The van der Waals surface area contributed by atoms with Crippen molar-refractivity contribution in [1.82, 2.24) is 22.8 Å². The van der Waals surface area contributed by atoms with E-state index >= 15 is 0 Å². The number of fused-ring (bicyclic) bond motifs is 3. The van der Waals surface area contributed by atoms with Gasteiger partial charge in [0.25, 0.3) is 10.0 Å². The first-order valence-electron chi connectivity index (χ1n) is 10.4. The van der Waals surface area contributed by atoms with Crippen molar-refractivity contribution in [3.8, 4) is 0 Å². The number of benzene rings is 1. The minimum Gasteiger partial charge on any atom is -0.385 e. The van der Waals surface area contributed by atoms with Gasteiger partial charge in [-0.1, -0.05) is 18.2 Å². The summed E-state index contributed by atoms with van der Waals surface area (Å²) in [6.45, 7) is 2.20. The Morgan fingerprint density at radius 3 is 2.48 bits per heavy atom. The largest absolute Gasteiger partial charge is 0.385 e. The zero-order valence-electron chi connectivity index (χ0n) is 18.0. The van der Waals surface area contributed by atoms with Crippen LogP contribution < -0.4 is 0 Å². The fourth-order valence-corrected chi connectivity index (χ4v) is 6.65. The van der Waals surface area contributed by atoms with Crippen LogP contribution in [0.5, 0.6) is 0 Å². The lowest BCUT2D eigenvalue weighted by atomic mass is 10.2. The van der Waals surface area contributed by atoms with Gasteiger partial charge in [-0.2, -0.15) is 0 Å². The molecular formula is C21H23N5O5S2. The third-order valence-corrected chi connectivity index (χ3v) is 8.94. The van der Waals surface area contributed by atoms with Crippen LogP contribution in [0.2, 0.25) is 0 Å². The SMILES string of the molecule is C[C@@H](O)c1nc2cnc3c(ccn3S(=O)(=O)c3ccccc3)c2n1[C@@H]1CCN(S(C)(=O)=O)C1. The van der Waals surface area contributed by atoms with E-state index in [2.05, 4.69) is 9.97 Å². The highest BCUT2D eigenvalue weighted by Crippen LogP contribution is 2.35. The summed E-state index contributed by atoms with van der Waals surface area (Å²) in [4.78, 5) is 9.06. The van der Waals surface area contributed by atoms with E-state index in [1.165, 1.54) is 35.1 Å². The maximum Gasteiger partial charge on any atom is 0.269 e. The molecule has 2 atom stereocenters. The van der Waals surface area contributed by atoms with Gasteiger partial charge in [-0.25, -0.2) is 35.1 Å². The van der Waals surface area contributed by atoms with Crippen molar-refractivity contribution in [1.29, 1.82) is 0 Å². The van der Waals surface area contributed by atoms with Gasteiger partial charge in [-0.3, -0.25) is 0 Å². The predicted molar refractivity (Wildman–Crippen MR) is 123 cm³/mol. The molecule has 3 aromatic heterocycles. The van der Waals surface area contributed by atoms with Gasteiger partial charge in [-0.15, -0.1) is 0 Å². The van der Waals surface area contributed by atoms with Crippen LogP contribution in [0.25, 0.3) is 22.1 Å². The van der Waals surface area contributed by atoms with E-state index in [-0.39, 0.29) is 23.1 Å². The van der Waals surface area contributed by atoms with Crippen LogP contribution in [0.1, 0.15) is 31.3 Å². The monoisotopic (exact) mass is 489 g/mol. The molecule has 33 heavy (non-hydrogen) atoms. The lowest BCUT2D eigenvalue weighted by Gasteiger charge is -2.19. The molecule has 0 bridgehead atoms. The van der Waals surface area contributed by atoms with Gasteiger partial charge in [0, 0.05) is 24.7 Å². The molecule has 0 spiro atoms. The number of aromatic nitrogens is 4. The van der Waals surface area contributed by atoms with E-state index in [4.69, 9.17) is 0 Å². The van der Waals surface area contributed by atoms with Crippen molar-refractivity contribution in [3.63, 3.8) is 0 Å². The van der Waals surface area contributed by atoms with Crippen molar-refractivity contribution >= 4 is 42.1 Å². The first-order chi connectivity index (χ1) is 15.6. The van der Waals surface area contributed by atoms with Crippen molar-refractivity contribution in [2.45, 2.75) is 30.4 Å². The molecule has 0 saturated carbocycles. The van der Waals surface area contributed by atoms with Crippen molar-refractivity contribution in [2.75, 3.05) is 19.3 Å². The maximum atomic E-state index is 13.2. The number of imidazole rings is 1. The number of aliphatic hydroxyl groups is 1. The Hall–Kier alpha value is -2.80. The van der Waals surface area contributed by atoms with Crippen molar-refractivity contribution < 1.29 is 21.9 Å². The summed E-state index contributed by atoms with van der Waals surface area (Å²) in [6.07, 6.45) is 3.75. The number of hydrogen-bond acceptors (Lipinski definition) is 7. The zero-order chi connectivity index (χ0) is 23.5. The van der Waals surface area contributed by atoms with Gasteiger partial charge in [0.15, 0.2) is 5.65 Å². The molecule has 0 radical (unpaired) electrons. The Labute approximate surface area is 191 Å². The van der Waals surface area contributed by atoms with E-state index in [0.717, 1.165) is 3.97 Å². The fraction of sp³-hybridized carbons (Fsp3) is 0.333. The fourth-order valence-electron chi connectivity index (χ4n) is 4.45. The minimum atomic E-state index is -3.87. The first kappa shape index (κ1) is 22.0.